The van der Waals surface area contributed by atoms with Crippen LogP contribution in [0.2, 0.25) is 0 Å². The lowest BCUT2D eigenvalue weighted by Crippen LogP contribution is -2.61. The minimum atomic E-state index is -1.71. The number of H-pyrrole nitrogens is 1. The van der Waals surface area contributed by atoms with Crippen molar-refractivity contribution in [3.63, 3.8) is 0 Å². The molecule has 3 aliphatic heterocycles. The second-order valence-corrected chi connectivity index (χ2v) is 23.0. The van der Waals surface area contributed by atoms with Gasteiger partial charge in [0.15, 0.2) is 5.96 Å². The number of carboxylic acid groups (broad SMARTS) is 1. The van der Waals surface area contributed by atoms with E-state index in [0.29, 0.717) is 55.7 Å². The lowest BCUT2D eigenvalue weighted by atomic mass is 10.0. The minimum absolute atomic E-state index is 0.0263. The number of hydrogen-bond acceptors (Lipinski definition) is 15. The van der Waals surface area contributed by atoms with Crippen molar-refractivity contribution in [1.82, 2.24) is 56.6 Å². The number of nitrogens with zero attached hydrogens (tertiary/aromatic N) is 5. The number of rotatable bonds is 31. The highest BCUT2D eigenvalue weighted by Gasteiger charge is 2.44. The Morgan fingerprint density at radius 3 is 1.78 bits per heavy atom. The number of aromatic nitrogens is 2. The third-order valence-corrected chi connectivity index (χ3v) is 15.6. The summed E-state index contributed by atoms with van der Waals surface area (Å²) in [6.45, 7) is 6.73. The molecule has 3 aliphatic rings. The van der Waals surface area contributed by atoms with E-state index in [4.69, 9.17) is 17.2 Å². The molecule has 0 aliphatic carbocycles. The number of nitrogens with two attached hydrogens (primary N) is 3. The number of aromatic amines is 1. The smallest absolute Gasteiger partial charge is 0.326 e. The Morgan fingerprint density at radius 1 is 0.687 bits per heavy atom. The summed E-state index contributed by atoms with van der Waals surface area (Å²) in [6, 6.07) is -3.01. The number of imidazole rings is 1. The van der Waals surface area contributed by atoms with Gasteiger partial charge < -0.3 is 79.0 Å². The molecule has 3 fully saturated rings. The second-order valence-electron chi connectivity index (χ2n) is 22.1. The van der Waals surface area contributed by atoms with Gasteiger partial charge in [-0.05, 0) is 93.6 Å². The van der Waals surface area contributed by atoms with E-state index in [9.17, 15) is 58.2 Å². The van der Waals surface area contributed by atoms with E-state index in [1.165, 1.54) is 27.2 Å². The first-order chi connectivity index (χ1) is 39.5. The fourth-order valence-electron chi connectivity index (χ4n) is 10.5. The van der Waals surface area contributed by atoms with Gasteiger partial charge in [-0.15, -0.1) is 0 Å². The summed E-state index contributed by atoms with van der Waals surface area (Å²) in [5, 5.41) is 36.6. The maximum Gasteiger partial charge on any atom is 0.326 e. The molecule has 458 valence electrons. The van der Waals surface area contributed by atoms with Crippen molar-refractivity contribution in [2.45, 2.75) is 165 Å². The van der Waals surface area contributed by atoms with Crippen LogP contribution in [0.3, 0.4) is 0 Å². The number of likely N-dealkylation sites (tertiary alicyclic amines) is 3. The third-order valence-electron chi connectivity index (χ3n) is 14.9. The molecule has 1 aromatic heterocycles. The first kappa shape index (κ1) is 66.5. The van der Waals surface area contributed by atoms with E-state index in [2.05, 4.69) is 46.9 Å². The molecule has 0 radical (unpaired) electrons. The fraction of sp³-hybridized carbons (Fsp3) is 0.636. The first-order valence-corrected chi connectivity index (χ1v) is 29.8. The quantitative estimate of drug-likeness (QED) is 0.0220. The van der Waals surface area contributed by atoms with Crippen LogP contribution in [-0.4, -0.2) is 205 Å². The van der Waals surface area contributed by atoms with Crippen LogP contribution < -0.4 is 49.1 Å². The van der Waals surface area contributed by atoms with Crippen molar-refractivity contribution in [3.05, 3.63) is 54.1 Å². The average molecular weight is 1180 g/mol. The van der Waals surface area contributed by atoms with Crippen molar-refractivity contribution in [3.8, 4) is 0 Å². The van der Waals surface area contributed by atoms with Gasteiger partial charge in [0, 0.05) is 50.9 Å². The standard InChI is InChI=1S/C55H85N15O12S/c1-31(2)25-37(64-49(76)41-16-10-21-68(41)51(78)35(56)19-24-83-5)46(73)63-38(27-34-28-59-30-61-34)47(74)66-40(29-71)48(75)62-36(15-9-20-60-55(57)58)45(72)67-44(32(3)4)53(80)69-22-11-17-42(69)50(77)65-39(26-33-13-7-6-8-14-33)52(79)70-23-12-18-43(70)54(81)82/h6-8,13-14,28,30-32,35-44,71H,9-12,15-27,29,56H2,1-5H3,(H,59,61)(H,62,75)(H,63,73)(H,64,76)(H,65,77)(H,66,74)(H,67,72)(H,81,82)(H4,57,58,60)/t35-,36-,37-,38-,39-,40-,41-,42-,43-,44-/m0/s1. The number of aliphatic hydroxyl groups is 1. The SMILES string of the molecule is CSCC[C@H](N)C(=O)N1CCC[C@H]1C(=O)N[C@@H](CC(C)C)C(=O)N[C@@H](Cc1cnc[nH]1)C(=O)N[C@@H](CO)C(=O)N[C@@H](CCCN=C(N)N)C(=O)N[C@H](C(=O)N1CCC[C@H]1C(=O)N[C@@H](Cc1ccccc1)C(=O)N1CCC[C@H]1C(=O)O)C(C)C. The molecule has 0 bridgehead atoms. The van der Waals surface area contributed by atoms with Gasteiger partial charge in [-0.2, -0.15) is 11.8 Å². The minimum Gasteiger partial charge on any atom is -0.480 e. The van der Waals surface area contributed by atoms with E-state index < -0.39 is 126 Å². The first-order valence-electron chi connectivity index (χ1n) is 28.4. The van der Waals surface area contributed by atoms with Crippen LogP contribution in [0.4, 0.5) is 0 Å². The van der Waals surface area contributed by atoms with Gasteiger partial charge in [0.05, 0.1) is 19.0 Å². The third kappa shape index (κ3) is 19.4. The summed E-state index contributed by atoms with van der Waals surface area (Å²) in [5.41, 5.74) is 18.4. The molecule has 28 heteroatoms. The Morgan fingerprint density at radius 2 is 1.23 bits per heavy atom. The highest BCUT2D eigenvalue weighted by Crippen LogP contribution is 2.24. The Bertz CT molecular complexity index is 2570. The predicted octanol–water partition coefficient (Wildman–Crippen LogP) is -2.01. The van der Waals surface area contributed by atoms with Crippen LogP contribution in [0.15, 0.2) is 47.8 Å². The number of amides is 9. The van der Waals surface area contributed by atoms with E-state index in [0.717, 1.165) is 0 Å². The van der Waals surface area contributed by atoms with E-state index in [1.807, 2.05) is 20.1 Å². The van der Waals surface area contributed by atoms with Crippen molar-refractivity contribution in [2.75, 3.05) is 44.8 Å². The highest BCUT2D eigenvalue weighted by molar-refractivity contribution is 7.98. The Balaban J connectivity index is 1.30. The van der Waals surface area contributed by atoms with Gasteiger partial charge in [-0.1, -0.05) is 58.0 Å². The summed E-state index contributed by atoms with van der Waals surface area (Å²) in [4.78, 5) is 154. The topological polar surface area (TPSA) is 412 Å². The molecule has 3 saturated heterocycles. The summed E-state index contributed by atoms with van der Waals surface area (Å²) < 4.78 is 0. The summed E-state index contributed by atoms with van der Waals surface area (Å²) >= 11 is 1.55. The second kappa shape index (κ2) is 32.5. The number of aliphatic carboxylic acids is 1. The van der Waals surface area contributed by atoms with Crippen LogP contribution >= 0.6 is 11.8 Å². The Kier molecular flexibility index (Phi) is 26.0. The molecule has 1 aromatic carbocycles. The van der Waals surface area contributed by atoms with Gasteiger partial charge >= 0.3 is 5.97 Å². The predicted molar refractivity (Wildman–Crippen MR) is 308 cm³/mol. The zero-order chi connectivity index (χ0) is 60.9. The number of carboxylic acids is 1. The fourth-order valence-corrected chi connectivity index (χ4v) is 11.0. The molecule has 0 saturated carbocycles. The Labute approximate surface area is 488 Å². The number of guanidine groups is 1. The molecule has 27 nitrogen and oxygen atoms in total. The monoisotopic (exact) mass is 1180 g/mol. The molecule has 2 aromatic rings. The van der Waals surface area contributed by atoms with Crippen LogP contribution in [0.25, 0.3) is 0 Å². The number of carbonyl (C=O) groups excluding carboxylic acids is 9. The average Bonchev–Trinajstić information content (AvgIpc) is 4.47. The number of carbonyl (C=O) groups is 10. The highest BCUT2D eigenvalue weighted by atomic mass is 32.2. The van der Waals surface area contributed by atoms with Gasteiger partial charge in [0.25, 0.3) is 0 Å². The molecular weight excluding hydrogens is 1090 g/mol. The van der Waals surface area contributed by atoms with Crippen molar-refractivity contribution >= 4 is 76.9 Å². The molecule has 0 spiro atoms. The number of aliphatic hydroxyl groups excluding tert-OH is 1. The van der Waals surface area contributed by atoms with Crippen molar-refractivity contribution < 1.29 is 58.2 Å². The van der Waals surface area contributed by atoms with E-state index >= 15 is 0 Å². The maximum absolute atomic E-state index is 14.6. The number of thioether (sulfide) groups is 1. The Hall–Kier alpha value is -7.33. The number of aliphatic imine (C=N–C) groups is 1. The van der Waals surface area contributed by atoms with Crippen molar-refractivity contribution in [1.29, 1.82) is 0 Å². The lowest BCUT2D eigenvalue weighted by Gasteiger charge is -2.33. The van der Waals surface area contributed by atoms with Gasteiger partial charge in [-0.3, -0.25) is 48.1 Å². The zero-order valence-electron chi connectivity index (χ0n) is 48.1. The van der Waals surface area contributed by atoms with Crippen molar-refractivity contribution in [2.24, 2.45) is 34.0 Å². The molecule has 5 rings (SSSR count). The molecule has 9 amide bonds. The summed E-state index contributed by atoms with van der Waals surface area (Å²) in [6.07, 6.45) is 7.42. The molecule has 83 heavy (non-hydrogen) atoms. The largest absolute Gasteiger partial charge is 0.480 e. The van der Waals surface area contributed by atoms with Crippen LogP contribution in [0.5, 0.6) is 0 Å². The maximum atomic E-state index is 14.6. The van der Waals surface area contributed by atoms with E-state index in [-0.39, 0.29) is 82.4 Å². The molecule has 15 N–H and O–H groups in total. The van der Waals surface area contributed by atoms with Crippen LogP contribution in [-0.2, 0) is 60.8 Å². The van der Waals surface area contributed by atoms with Crippen LogP contribution in [0.1, 0.15) is 103 Å². The molecular formula is C55H85N15O12S. The summed E-state index contributed by atoms with van der Waals surface area (Å²) in [5.74, 6) is -7.69. The van der Waals surface area contributed by atoms with E-state index in [1.54, 1.807) is 55.9 Å². The zero-order valence-corrected chi connectivity index (χ0v) is 48.9. The molecule has 4 heterocycles. The lowest BCUT2D eigenvalue weighted by molar-refractivity contribution is -0.150. The molecule has 0 unspecified atom stereocenters. The number of nitrogens with one attached hydrogen (secondary N) is 7. The number of hydrogen-bond donors (Lipinski definition) is 12. The normalized spacial score (nSPS) is 19.4. The summed E-state index contributed by atoms with van der Waals surface area (Å²) in [7, 11) is 0. The molecule has 10 atom stereocenters. The van der Waals surface area contributed by atoms with Gasteiger partial charge in [-0.25, -0.2) is 9.78 Å². The van der Waals surface area contributed by atoms with Gasteiger partial charge in [0.2, 0.25) is 53.2 Å². The van der Waals surface area contributed by atoms with Crippen LogP contribution in [0, 0.1) is 11.8 Å². The van der Waals surface area contributed by atoms with Gasteiger partial charge in [0.1, 0.15) is 54.4 Å². The number of benzene rings is 1.